The number of carbonyl (C=O) groups excluding carboxylic acids is 1. The first kappa shape index (κ1) is 18.5. The summed E-state index contributed by atoms with van der Waals surface area (Å²) in [7, 11) is 0. The van der Waals surface area contributed by atoms with Gasteiger partial charge in [-0.15, -0.1) is 0 Å². The van der Waals surface area contributed by atoms with Crippen LogP contribution in [-0.4, -0.2) is 15.8 Å². The molecule has 0 aliphatic rings. The molecular formula is C19H14FN3O3S. The molecule has 0 saturated carbocycles. The van der Waals surface area contributed by atoms with Crippen LogP contribution in [-0.2, 0) is 6.54 Å². The predicted octanol–water partition coefficient (Wildman–Crippen LogP) is 4.21. The van der Waals surface area contributed by atoms with Crippen molar-refractivity contribution in [2.24, 2.45) is 0 Å². The minimum absolute atomic E-state index is 0.182. The van der Waals surface area contributed by atoms with Gasteiger partial charge in [0.1, 0.15) is 5.82 Å². The summed E-state index contributed by atoms with van der Waals surface area (Å²) in [5, 5.41) is 14.1. The van der Waals surface area contributed by atoms with Gasteiger partial charge < -0.3 is 5.32 Å². The number of amides is 1. The molecule has 0 aliphatic carbocycles. The van der Waals surface area contributed by atoms with Crippen LogP contribution in [0.2, 0.25) is 0 Å². The van der Waals surface area contributed by atoms with Crippen molar-refractivity contribution in [1.29, 1.82) is 0 Å². The van der Waals surface area contributed by atoms with Gasteiger partial charge in [-0.3, -0.25) is 19.9 Å². The van der Waals surface area contributed by atoms with Gasteiger partial charge in [-0.05, 0) is 48.5 Å². The number of nitrogens with one attached hydrogen (secondary N) is 1. The third-order valence-electron chi connectivity index (χ3n) is 3.62. The van der Waals surface area contributed by atoms with Crippen LogP contribution in [0.5, 0.6) is 0 Å². The highest BCUT2D eigenvalue weighted by Crippen LogP contribution is 2.35. The first-order valence-corrected chi connectivity index (χ1v) is 8.74. The van der Waals surface area contributed by atoms with Crippen molar-refractivity contribution < 1.29 is 14.1 Å². The van der Waals surface area contributed by atoms with Gasteiger partial charge in [-0.2, -0.15) is 0 Å². The molecule has 0 spiro atoms. The first-order chi connectivity index (χ1) is 13.0. The lowest BCUT2D eigenvalue weighted by Gasteiger charge is -2.07. The normalized spacial score (nSPS) is 10.4. The van der Waals surface area contributed by atoms with E-state index in [0.717, 1.165) is 11.8 Å². The van der Waals surface area contributed by atoms with Crippen LogP contribution in [0.4, 0.5) is 10.1 Å². The largest absolute Gasteiger partial charge is 0.346 e. The SMILES string of the molecule is O=C(NCc1ccccn1)c1ccc(Sc2ccc(F)cc2)c([N+](=O)[O-])c1. The maximum absolute atomic E-state index is 13.0. The van der Waals surface area contributed by atoms with E-state index in [0.29, 0.717) is 15.5 Å². The summed E-state index contributed by atoms with van der Waals surface area (Å²) in [6, 6.07) is 15.3. The Labute approximate surface area is 158 Å². The highest BCUT2D eigenvalue weighted by molar-refractivity contribution is 7.99. The summed E-state index contributed by atoms with van der Waals surface area (Å²) in [6.07, 6.45) is 1.62. The number of nitrogens with zero attached hydrogens (tertiary/aromatic N) is 2. The monoisotopic (exact) mass is 383 g/mol. The number of benzene rings is 2. The zero-order chi connectivity index (χ0) is 19.2. The quantitative estimate of drug-likeness (QED) is 0.509. The van der Waals surface area contributed by atoms with E-state index in [9.17, 15) is 19.3 Å². The molecule has 0 fully saturated rings. The topological polar surface area (TPSA) is 85.1 Å². The molecule has 0 radical (unpaired) electrons. The number of rotatable bonds is 6. The van der Waals surface area contributed by atoms with Crippen LogP contribution >= 0.6 is 11.8 Å². The molecule has 3 rings (SSSR count). The number of halogens is 1. The molecule has 0 saturated heterocycles. The van der Waals surface area contributed by atoms with Gasteiger partial charge in [0, 0.05) is 22.7 Å². The molecule has 27 heavy (non-hydrogen) atoms. The molecule has 1 amide bonds. The molecule has 8 heteroatoms. The van der Waals surface area contributed by atoms with Gasteiger partial charge in [0.05, 0.1) is 22.1 Å². The molecule has 2 aromatic carbocycles. The van der Waals surface area contributed by atoms with E-state index in [-0.39, 0.29) is 23.6 Å². The Kier molecular flexibility index (Phi) is 5.77. The summed E-state index contributed by atoms with van der Waals surface area (Å²) in [4.78, 5) is 28.3. The number of carbonyl (C=O) groups is 1. The van der Waals surface area contributed by atoms with Gasteiger partial charge in [0.2, 0.25) is 0 Å². The van der Waals surface area contributed by atoms with E-state index in [1.165, 1.54) is 42.5 Å². The lowest BCUT2D eigenvalue weighted by molar-refractivity contribution is -0.387. The Bertz CT molecular complexity index is 966. The Morgan fingerprint density at radius 1 is 1.15 bits per heavy atom. The molecule has 6 nitrogen and oxygen atoms in total. The van der Waals surface area contributed by atoms with Crippen LogP contribution in [0.3, 0.4) is 0 Å². The van der Waals surface area contributed by atoms with Gasteiger partial charge in [-0.1, -0.05) is 17.8 Å². The Morgan fingerprint density at radius 2 is 1.93 bits per heavy atom. The average molecular weight is 383 g/mol. The first-order valence-electron chi connectivity index (χ1n) is 7.93. The fourth-order valence-electron chi connectivity index (χ4n) is 2.29. The van der Waals surface area contributed by atoms with Gasteiger partial charge >= 0.3 is 0 Å². The Balaban J connectivity index is 1.77. The Morgan fingerprint density at radius 3 is 2.59 bits per heavy atom. The fourth-order valence-corrected chi connectivity index (χ4v) is 3.19. The second-order valence-corrected chi connectivity index (χ2v) is 6.61. The highest BCUT2D eigenvalue weighted by atomic mass is 32.2. The van der Waals surface area contributed by atoms with E-state index in [1.807, 2.05) is 0 Å². The molecule has 0 unspecified atom stereocenters. The van der Waals surface area contributed by atoms with Crippen molar-refractivity contribution in [3.05, 3.63) is 94.0 Å². The van der Waals surface area contributed by atoms with Crippen molar-refractivity contribution in [3.63, 3.8) is 0 Å². The van der Waals surface area contributed by atoms with E-state index < -0.39 is 10.8 Å². The number of aromatic nitrogens is 1. The van der Waals surface area contributed by atoms with E-state index in [4.69, 9.17) is 0 Å². The molecule has 0 atom stereocenters. The highest BCUT2D eigenvalue weighted by Gasteiger charge is 2.18. The third kappa shape index (κ3) is 4.89. The number of hydrogen-bond acceptors (Lipinski definition) is 5. The van der Waals surface area contributed by atoms with Crippen molar-refractivity contribution in [1.82, 2.24) is 10.3 Å². The number of hydrogen-bond donors (Lipinski definition) is 1. The number of pyridine rings is 1. The van der Waals surface area contributed by atoms with Crippen molar-refractivity contribution in [2.45, 2.75) is 16.3 Å². The molecule has 3 aromatic rings. The standard InChI is InChI=1S/C19H14FN3O3S/c20-14-5-7-16(8-6-14)27-18-9-4-13(11-17(18)23(25)26)19(24)22-12-15-3-1-2-10-21-15/h1-11H,12H2,(H,22,24). The summed E-state index contributed by atoms with van der Waals surface area (Å²) in [5.41, 5.74) is 0.680. The second kappa shape index (κ2) is 8.41. The molecule has 1 heterocycles. The van der Waals surface area contributed by atoms with Crippen molar-refractivity contribution >= 4 is 23.4 Å². The molecule has 1 N–H and O–H groups in total. The molecule has 136 valence electrons. The van der Waals surface area contributed by atoms with Gasteiger partial charge in [0.25, 0.3) is 11.6 Å². The van der Waals surface area contributed by atoms with Crippen LogP contribution in [0.1, 0.15) is 16.1 Å². The van der Waals surface area contributed by atoms with E-state index in [2.05, 4.69) is 10.3 Å². The minimum Gasteiger partial charge on any atom is -0.346 e. The van der Waals surface area contributed by atoms with Crippen LogP contribution in [0, 0.1) is 15.9 Å². The van der Waals surface area contributed by atoms with Crippen LogP contribution in [0.25, 0.3) is 0 Å². The maximum atomic E-state index is 13.0. The minimum atomic E-state index is -0.540. The summed E-state index contributed by atoms with van der Waals surface area (Å²) in [6.45, 7) is 0.222. The lowest BCUT2D eigenvalue weighted by atomic mass is 10.2. The maximum Gasteiger partial charge on any atom is 0.284 e. The van der Waals surface area contributed by atoms with Crippen LogP contribution in [0.15, 0.2) is 76.7 Å². The zero-order valence-electron chi connectivity index (χ0n) is 14.0. The number of nitro groups is 1. The van der Waals surface area contributed by atoms with Gasteiger partial charge in [0.15, 0.2) is 0 Å². The average Bonchev–Trinajstić information content (AvgIpc) is 2.69. The smallest absolute Gasteiger partial charge is 0.284 e. The third-order valence-corrected chi connectivity index (χ3v) is 4.69. The molecule has 1 aromatic heterocycles. The molecule has 0 bridgehead atoms. The summed E-state index contributed by atoms with van der Waals surface area (Å²) >= 11 is 1.13. The van der Waals surface area contributed by atoms with Crippen molar-refractivity contribution in [2.75, 3.05) is 0 Å². The lowest BCUT2D eigenvalue weighted by Crippen LogP contribution is -2.23. The van der Waals surface area contributed by atoms with Crippen LogP contribution < -0.4 is 5.32 Å². The van der Waals surface area contributed by atoms with Crippen molar-refractivity contribution in [3.8, 4) is 0 Å². The van der Waals surface area contributed by atoms with Gasteiger partial charge in [-0.25, -0.2) is 4.39 Å². The fraction of sp³-hybridized carbons (Fsp3) is 0.0526. The molecule has 0 aliphatic heterocycles. The van der Waals surface area contributed by atoms with E-state index >= 15 is 0 Å². The zero-order valence-corrected chi connectivity index (χ0v) is 14.8. The van der Waals surface area contributed by atoms with E-state index in [1.54, 1.807) is 24.4 Å². The Hall–Kier alpha value is -3.26. The predicted molar refractivity (Wildman–Crippen MR) is 99.0 cm³/mol. The number of nitro benzene ring substituents is 1. The molecular weight excluding hydrogens is 369 g/mol. The summed E-state index contributed by atoms with van der Waals surface area (Å²) in [5.74, 6) is -0.809. The second-order valence-electron chi connectivity index (χ2n) is 5.50. The summed E-state index contributed by atoms with van der Waals surface area (Å²) < 4.78 is 13.0.